The van der Waals surface area contributed by atoms with E-state index in [9.17, 15) is 13.2 Å². The summed E-state index contributed by atoms with van der Waals surface area (Å²) in [6.07, 6.45) is 5.68. The van der Waals surface area contributed by atoms with Crippen LogP contribution in [0.2, 0.25) is 0 Å². The van der Waals surface area contributed by atoms with Crippen LogP contribution in [0.4, 0.5) is 5.13 Å². The number of nitrogens with one attached hydrogen (secondary N) is 1. The summed E-state index contributed by atoms with van der Waals surface area (Å²) in [4.78, 5) is 14.9. The van der Waals surface area contributed by atoms with Crippen LogP contribution in [0, 0.1) is 5.92 Å². The number of anilines is 1. The number of hydrogen-bond acceptors (Lipinski definition) is 5. The molecule has 7 nitrogen and oxygen atoms in total. The molecule has 116 valence electrons. The van der Waals surface area contributed by atoms with Crippen LogP contribution >= 0.6 is 11.3 Å². The molecule has 9 heteroatoms. The van der Waals surface area contributed by atoms with Gasteiger partial charge in [-0.3, -0.25) is 0 Å². The molecule has 0 bridgehead atoms. The van der Waals surface area contributed by atoms with Crippen LogP contribution in [0.3, 0.4) is 0 Å². The van der Waals surface area contributed by atoms with Crippen molar-refractivity contribution in [1.82, 2.24) is 9.29 Å². The predicted molar refractivity (Wildman–Crippen MR) is 81.3 cm³/mol. The molecule has 1 saturated heterocycles. The fourth-order valence-corrected chi connectivity index (χ4v) is 4.38. The predicted octanol–water partition coefficient (Wildman–Crippen LogP) is 1.63. The van der Waals surface area contributed by atoms with Crippen LogP contribution in [-0.4, -0.2) is 41.9 Å². The second-order valence-corrected chi connectivity index (χ2v) is 7.68. The summed E-state index contributed by atoms with van der Waals surface area (Å²) < 4.78 is 28.4. The molecule has 1 unspecified atom stereocenters. The zero-order valence-electron chi connectivity index (χ0n) is 11.5. The largest absolute Gasteiger partial charge is 0.478 e. The minimum atomic E-state index is -3.60. The number of thiazole rings is 1. The Morgan fingerprint density at radius 3 is 3.05 bits per heavy atom. The van der Waals surface area contributed by atoms with Gasteiger partial charge in [-0.2, -0.15) is 12.7 Å². The van der Waals surface area contributed by atoms with E-state index in [0.717, 1.165) is 30.3 Å². The van der Waals surface area contributed by atoms with Gasteiger partial charge in [0.15, 0.2) is 5.13 Å². The molecular formula is C12H17N3O4S2. The molecule has 0 spiro atoms. The van der Waals surface area contributed by atoms with Crippen LogP contribution in [0.1, 0.15) is 24.6 Å². The fourth-order valence-electron chi connectivity index (χ4n) is 2.10. The lowest BCUT2D eigenvalue weighted by molar-refractivity contribution is -0.131. The summed E-state index contributed by atoms with van der Waals surface area (Å²) >= 11 is 1.09. The molecule has 0 saturated carbocycles. The number of nitrogens with zero attached hydrogens (tertiary/aromatic N) is 2. The molecule has 21 heavy (non-hydrogen) atoms. The zero-order valence-corrected chi connectivity index (χ0v) is 13.2. The monoisotopic (exact) mass is 331 g/mol. The minimum Gasteiger partial charge on any atom is -0.478 e. The minimum absolute atomic E-state index is 0.235. The number of piperidine rings is 1. The van der Waals surface area contributed by atoms with Crippen molar-refractivity contribution in [2.24, 2.45) is 5.92 Å². The topological polar surface area (TPSA) is 99.6 Å². The number of carbonyl (C=O) groups is 1. The van der Waals surface area contributed by atoms with Crippen LogP contribution < -0.4 is 4.72 Å². The second kappa shape index (κ2) is 6.54. The zero-order chi connectivity index (χ0) is 15.5. The first-order valence-corrected chi connectivity index (χ1v) is 8.77. The summed E-state index contributed by atoms with van der Waals surface area (Å²) in [5, 5.41) is 8.78. The molecule has 0 aliphatic carbocycles. The maximum absolute atomic E-state index is 12.2. The van der Waals surface area contributed by atoms with Gasteiger partial charge in [0.1, 0.15) is 0 Å². The van der Waals surface area contributed by atoms with Gasteiger partial charge in [0.25, 0.3) is 0 Å². The maximum Gasteiger partial charge on any atom is 0.328 e. The molecule has 2 rings (SSSR count). The van der Waals surface area contributed by atoms with Crippen molar-refractivity contribution < 1.29 is 18.3 Å². The van der Waals surface area contributed by atoms with E-state index in [1.165, 1.54) is 16.6 Å². The SMILES string of the molecule is CC1CCCN(S(=O)(=O)Nc2ncc(C=CC(=O)O)s2)C1. The van der Waals surface area contributed by atoms with Gasteiger partial charge >= 0.3 is 16.2 Å². The van der Waals surface area contributed by atoms with Crippen LogP contribution in [0.25, 0.3) is 6.08 Å². The van der Waals surface area contributed by atoms with E-state index in [1.54, 1.807) is 0 Å². The van der Waals surface area contributed by atoms with E-state index in [2.05, 4.69) is 9.71 Å². The van der Waals surface area contributed by atoms with Gasteiger partial charge in [0.2, 0.25) is 0 Å². The van der Waals surface area contributed by atoms with E-state index >= 15 is 0 Å². The lowest BCUT2D eigenvalue weighted by Gasteiger charge is -2.29. The van der Waals surface area contributed by atoms with Crippen LogP contribution in [-0.2, 0) is 15.0 Å². The van der Waals surface area contributed by atoms with Gasteiger partial charge in [-0.1, -0.05) is 18.3 Å². The molecule has 1 aliphatic heterocycles. The first-order valence-electron chi connectivity index (χ1n) is 6.51. The highest BCUT2D eigenvalue weighted by Gasteiger charge is 2.27. The fraction of sp³-hybridized carbons (Fsp3) is 0.500. The second-order valence-electron chi connectivity index (χ2n) is 4.95. The van der Waals surface area contributed by atoms with Crippen LogP contribution in [0.15, 0.2) is 12.3 Å². The molecule has 1 fully saturated rings. The molecule has 1 aliphatic rings. The highest BCUT2D eigenvalue weighted by atomic mass is 32.2. The summed E-state index contributed by atoms with van der Waals surface area (Å²) in [5.74, 6) is -0.714. The smallest absolute Gasteiger partial charge is 0.328 e. The van der Waals surface area contributed by atoms with Crippen molar-refractivity contribution in [2.45, 2.75) is 19.8 Å². The third-order valence-corrected chi connectivity index (χ3v) is 5.56. The van der Waals surface area contributed by atoms with E-state index in [1.807, 2.05) is 6.92 Å². The lowest BCUT2D eigenvalue weighted by atomic mass is 10.0. The Kier molecular flexibility index (Phi) is 4.96. The van der Waals surface area contributed by atoms with Crippen molar-refractivity contribution in [2.75, 3.05) is 17.8 Å². The normalized spacial score (nSPS) is 20.7. The Hall–Kier alpha value is -1.45. The summed E-state index contributed by atoms with van der Waals surface area (Å²) in [5.41, 5.74) is 0. The van der Waals surface area contributed by atoms with Gasteiger partial charge in [0.05, 0.1) is 0 Å². The number of hydrogen-bond donors (Lipinski definition) is 2. The van der Waals surface area contributed by atoms with Crippen molar-refractivity contribution in [1.29, 1.82) is 0 Å². The van der Waals surface area contributed by atoms with Gasteiger partial charge in [-0.15, -0.1) is 0 Å². The van der Waals surface area contributed by atoms with Gasteiger partial charge in [-0.25, -0.2) is 14.5 Å². The Morgan fingerprint density at radius 1 is 1.62 bits per heavy atom. The standard InChI is InChI=1S/C12H17N3O4S2/c1-9-3-2-6-15(8-9)21(18,19)14-12-13-7-10(20-12)4-5-11(16)17/h4-5,7,9H,2-3,6,8H2,1H3,(H,13,14)(H,16,17). The Balaban J connectivity index is 2.05. The first-order chi connectivity index (χ1) is 9.87. The number of rotatable bonds is 5. The average Bonchev–Trinajstić information content (AvgIpc) is 2.83. The number of aromatic nitrogens is 1. The summed E-state index contributed by atoms with van der Waals surface area (Å²) in [7, 11) is -3.60. The third-order valence-electron chi connectivity index (χ3n) is 3.09. The summed E-state index contributed by atoms with van der Waals surface area (Å²) in [6, 6.07) is 0. The molecule has 2 N–H and O–H groups in total. The third kappa shape index (κ3) is 4.51. The first kappa shape index (κ1) is 15.9. The van der Waals surface area contributed by atoms with Gasteiger partial charge in [-0.05, 0) is 24.8 Å². The van der Waals surface area contributed by atoms with E-state index in [0.29, 0.717) is 23.9 Å². The Morgan fingerprint density at radius 2 is 2.38 bits per heavy atom. The van der Waals surface area contributed by atoms with Gasteiger partial charge in [0, 0.05) is 30.2 Å². The quantitative estimate of drug-likeness (QED) is 0.799. The molecule has 0 radical (unpaired) electrons. The molecule has 2 heterocycles. The molecular weight excluding hydrogens is 314 g/mol. The number of aliphatic carboxylic acids is 1. The van der Waals surface area contributed by atoms with E-state index in [-0.39, 0.29) is 5.13 Å². The lowest BCUT2D eigenvalue weighted by Crippen LogP contribution is -2.42. The highest BCUT2D eigenvalue weighted by Crippen LogP contribution is 2.23. The van der Waals surface area contributed by atoms with Crippen molar-refractivity contribution >= 4 is 38.7 Å². The number of carboxylic acid groups (broad SMARTS) is 1. The van der Waals surface area contributed by atoms with Gasteiger partial charge < -0.3 is 5.11 Å². The molecule has 0 aromatic carbocycles. The van der Waals surface area contributed by atoms with Crippen LogP contribution in [0.5, 0.6) is 0 Å². The Labute approximate surface area is 127 Å². The molecule has 1 aromatic rings. The average molecular weight is 331 g/mol. The molecule has 0 amide bonds. The number of carboxylic acids is 1. The van der Waals surface area contributed by atoms with Crippen molar-refractivity contribution in [3.8, 4) is 0 Å². The highest BCUT2D eigenvalue weighted by molar-refractivity contribution is 7.90. The van der Waals surface area contributed by atoms with Crippen molar-refractivity contribution in [3.05, 3.63) is 17.2 Å². The molecule has 1 atom stereocenters. The van der Waals surface area contributed by atoms with Crippen molar-refractivity contribution in [3.63, 3.8) is 0 Å². The Bertz CT molecular complexity index is 639. The van der Waals surface area contributed by atoms with E-state index in [4.69, 9.17) is 5.11 Å². The van der Waals surface area contributed by atoms with E-state index < -0.39 is 16.2 Å². The maximum atomic E-state index is 12.2. The molecule has 1 aromatic heterocycles. The summed E-state index contributed by atoms with van der Waals surface area (Å²) in [6.45, 7) is 3.04.